The zero-order valence-electron chi connectivity index (χ0n) is 10.7. The minimum atomic E-state index is 0.727. The largest absolute Gasteiger partial charge is 0.286 e. The first kappa shape index (κ1) is 13.5. The van der Waals surface area contributed by atoms with Crippen molar-refractivity contribution in [3.8, 4) is 0 Å². The van der Waals surface area contributed by atoms with Gasteiger partial charge in [0.25, 0.3) is 0 Å². The van der Waals surface area contributed by atoms with E-state index in [1.165, 1.54) is 16.9 Å². The van der Waals surface area contributed by atoms with Gasteiger partial charge in [0.1, 0.15) is 0 Å². The molecule has 1 heterocycles. The monoisotopic (exact) mass is 271 g/mol. The highest BCUT2D eigenvalue weighted by atomic mass is 32.1. The van der Waals surface area contributed by atoms with Crippen LogP contribution in [0.4, 0.5) is 5.13 Å². The van der Waals surface area contributed by atoms with Gasteiger partial charge in [-0.2, -0.15) is 0 Å². The number of nitrogens with zero attached hydrogens (tertiary/aromatic N) is 2. The van der Waals surface area contributed by atoms with Crippen LogP contribution in [0.3, 0.4) is 0 Å². The highest BCUT2D eigenvalue weighted by Crippen LogP contribution is 2.26. The number of aromatic nitrogens is 1. The molecule has 0 spiro atoms. The zero-order chi connectivity index (χ0) is 13.7. The number of hydrogen-bond acceptors (Lipinski definition) is 4. The van der Waals surface area contributed by atoms with Gasteiger partial charge in [-0.25, -0.2) is 10.8 Å². The molecule has 0 radical (unpaired) electrons. The number of hydrazine groups is 1. The minimum Gasteiger partial charge on any atom is -0.286 e. The Hall–Kier alpha value is -1.91. The number of thiazole rings is 1. The second-order valence-electron chi connectivity index (χ2n) is 4.08. The number of anilines is 1. The van der Waals surface area contributed by atoms with Crippen LogP contribution in [0, 0.1) is 0 Å². The van der Waals surface area contributed by atoms with E-state index in [1.54, 1.807) is 17.2 Å². The Bertz CT molecular complexity index is 535. The van der Waals surface area contributed by atoms with E-state index in [0.29, 0.717) is 0 Å². The van der Waals surface area contributed by atoms with Gasteiger partial charge in [0.15, 0.2) is 0 Å². The molecule has 19 heavy (non-hydrogen) atoms. The maximum Gasteiger partial charge on any atom is 0.200 e. The van der Waals surface area contributed by atoms with Crippen LogP contribution in [0.25, 0.3) is 12.2 Å². The van der Waals surface area contributed by atoms with Crippen LogP contribution >= 0.6 is 11.3 Å². The highest BCUT2D eigenvalue weighted by molar-refractivity contribution is 7.16. The Morgan fingerprint density at radius 1 is 1.21 bits per heavy atom. The molecular formula is C15H17N3S. The van der Waals surface area contributed by atoms with E-state index >= 15 is 0 Å². The van der Waals surface area contributed by atoms with Gasteiger partial charge in [0.2, 0.25) is 5.13 Å². The van der Waals surface area contributed by atoms with Crippen LogP contribution in [-0.4, -0.2) is 11.5 Å². The first-order valence-corrected chi connectivity index (χ1v) is 6.88. The van der Waals surface area contributed by atoms with Gasteiger partial charge in [0.05, 0.1) is 10.6 Å². The van der Waals surface area contributed by atoms with Crippen molar-refractivity contribution in [2.75, 3.05) is 11.6 Å². The third-order valence-corrected chi connectivity index (χ3v) is 3.88. The summed E-state index contributed by atoms with van der Waals surface area (Å²) in [6.45, 7) is 8.24. The molecule has 3 nitrogen and oxygen atoms in total. The van der Waals surface area contributed by atoms with E-state index in [1.807, 2.05) is 18.2 Å². The average molecular weight is 271 g/mol. The number of benzene rings is 1. The first-order valence-electron chi connectivity index (χ1n) is 6.06. The van der Waals surface area contributed by atoms with Crippen LogP contribution in [0.1, 0.15) is 16.1 Å². The summed E-state index contributed by atoms with van der Waals surface area (Å²) in [5, 5.41) is 2.47. The fourth-order valence-electron chi connectivity index (χ4n) is 1.74. The lowest BCUT2D eigenvalue weighted by molar-refractivity contribution is 0.819. The van der Waals surface area contributed by atoms with Gasteiger partial charge in [-0.15, -0.1) is 0 Å². The molecule has 0 bridgehead atoms. The molecule has 98 valence electrons. The molecule has 0 amide bonds. The molecule has 0 saturated heterocycles. The quantitative estimate of drug-likeness (QED) is 0.647. The maximum atomic E-state index is 6.05. The van der Waals surface area contributed by atoms with Crippen molar-refractivity contribution in [1.29, 1.82) is 0 Å². The second-order valence-corrected chi connectivity index (χ2v) is 5.09. The molecule has 1 aromatic heterocycles. The van der Waals surface area contributed by atoms with Crippen LogP contribution in [0.2, 0.25) is 0 Å². The molecule has 0 fully saturated rings. The van der Waals surface area contributed by atoms with Crippen molar-refractivity contribution in [2.24, 2.45) is 5.84 Å². The lowest BCUT2D eigenvalue weighted by Gasteiger charge is -2.14. The van der Waals surface area contributed by atoms with E-state index in [0.717, 1.165) is 28.7 Å². The SMILES string of the molecule is C=Cc1nc(N(N)CCc2ccccc2)sc1C=C. The summed E-state index contributed by atoms with van der Waals surface area (Å²) >= 11 is 1.53. The van der Waals surface area contributed by atoms with Crippen LogP contribution in [0.15, 0.2) is 43.5 Å². The summed E-state index contributed by atoms with van der Waals surface area (Å²) in [6.07, 6.45) is 4.40. The molecule has 1 aromatic carbocycles. The Balaban J connectivity index is 2.03. The molecular weight excluding hydrogens is 254 g/mol. The van der Waals surface area contributed by atoms with Crippen molar-refractivity contribution in [3.05, 3.63) is 59.6 Å². The smallest absolute Gasteiger partial charge is 0.200 e. The topological polar surface area (TPSA) is 42.2 Å². The normalized spacial score (nSPS) is 10.2. The Morgan fingerprint density at radius 2 is 1.95 bits per heavy atom. The molecule has 0 saturated carbocycles. The molecule has 2 aromatic rings. The fourth-order valence-corrected chi connectivity index (χ4v) is 2.60. The predicted octanol–water partition coefficient (Wildman–Crippen LogP) is 3.35. The maximum absolute atomic E-state index is 6.05. The van der Waals surface area contributed by atoms with Crippen molar-refractivity contribution in [2.45, 2.75) is 6.42 Å². The van der Waals surface area contributed by atoms with Crippen LogP contribution < -0.4 is 10.9 Å². The van der Waals surface area contributed by atoms with Crippen molar-refractivity contribution >= 4 is 28.6 Å². The molecule has 2 rings (SSSR count). The summed E-state index contributed by atoms with van der Waals surface area (Å²) < 4.78 is 0. The van der Waals surface area contributed by atoms with E-state index in [4.69, 9.17) is 5.84 Å². The first-order chi connectivity index (χ1) is 9.24. The average Bonchev–Trinajstić information content (AvgIpc) is 2.89. The lowest BCUT2D eigenvalue weighted by atomic mass is 10.1. The summed E-state index contributed by atoms with van der Waals surface area (Å²) in [5.41, 5.74) is 2.10. The van der Waals surface area contributed by atoms with Crippen molar-refractivity contribution in [3.63, 3.8) is 0 Å². The minimum absolute atomic E-state index is 0.727. The second kappa shape index (κ2) is 6.31. The van der Waals surface area contributed by atoms with E-state index in [2.05, 4.69) is 30.3 Å². The van der Waals surface area contributed by atoms with Gasteiger partial charge in [-0.1, -0.05) is 54.8 Å². The molecule has 2 N–H and O–H groups in total. The standard InChI is InChI=1S/C15H17N3S/c1-3-13-14(4-2)19-15(17-13)18(16)11-10-12-8-6-5-7-9-12/h3-9H,1-2,10-11,16H2. The Labute approximate surface area is 117 Å². The zero-order valence-corrected chi connectivity index (χ0v) is 11.6. The summed E-state index contributed by atoms with van der Waals surface area (Å²) in [6, 6.07) is 10.3. The summed E-state index contributed by atoms with van der Waals surface area (Å²) in [5.74, 6) is 6.05. The van der Waals surface area contributed by atoms with E-state index in [-0.39, 0.29) is 0 Å². The van der Waals surface area contributed by atoms with Crippen molar-refractivity contribution in [1.82, 2.24) is 4.98 Å². The molecule has 0 aliphatic heterocycles. The molecule has 0 aliphatic carbocycles. The van der Waals surface area contributed by atoms with Gasteiger partial charge in [-0.05, 0) is 24.1 Å². The highest BCUT2D eigenvalue weighted by Gasteiger charge is 2.10. The Morgan fingerprint density at radius 3 is 2.53 bits per heavy atom. The lowest BCUT2D eigenvalue weighted by Crippen LogP contribution is -2.32. The summed E-state index contributed by atoms with van der Waals surface area (Å²) in [7, 11) is 0. The summed E-state index contributed by atoms with van der Waals surface area (Å²) in [4.78, 5) is 5.44. The third-order valence-electron chi connectivity index (χ3n) is 2.78. The number of nitrogens with two attached hydrogens (primary N) is 1. The predicted molar refractivity (Wildman–Crippen MR) is 84.0 cm³/mol. The van der Waals surface area contributed by atoms with E-state index in [9.17, 15) is 0 Å². The van der Waals surface area contributed by atoms with Gasteiger partial charge in [0, 0.05) is 6.54 Å². The Kier molecular flexibility index (Phi) is 4.49. The fraction of sp³-hybridized carbons (Fsp3) is 0.133. The molecule has 0 unspecified atom stereocenters. The van der Waals surface area contributed by atoms with Crippen LogP contribution in [0.5, 0.6) is 0 Å². The van der Waals surface area contributed by atoms with Gasteiger partial charge >= 0.3 is 0 Å². The third kappa shape index (κ3) is 3.30. The molecule has 0 atom stereocenters. The van der Waals surface area contributed by atoms with Gasteiger partial charge < -0.3 is 0 Å². The van der Waals surface area contributed by atoms with Crippen molar-refractivity contribution < 1.29 is 0 Å². The molecule has 0 aliphatic rings. The molecule has 4 heteroatoms. The van der Waals surface area contributed by atoms with E-state index < -0.39 is 0 Å². The number of rotatable bonds is 6. The van der Waals surface area contributed by atoms with Crippen LogP contribution in [-0.2, 0) is 6.42 Å². The van der Waals surface area contributed by atoms with Gasteiger partial charge in [-0.3, -0.25) is 5.01 Å². The number of hydrogen-bond donors (Lipinski definition) is 1.